The van der Waals surface area contributed by atoms with Gasteiger partial charge in [0, 0.05) is 18.3 Å². The molecular formula is C25H24N2O5. The first-order chi connectivity index (χ1) is 15.6. The van der Waals surface area contributed by atoms with Gasteiger partial charge < -0.3 is 24.4 Å². The van der Waals surface area contributed by atoms with Crippen LogP contribution >= 0.6 is 0 Å². The lowest BCUT2D eigenvalue weighted by molar-refractivity contribution is -0.131. The summed E-state index contributed by atoms with van der Waals surface area (Å²) in [6.45, 7) is 1.14. The van der Waals surface area contributed by atoms with Crippen molar-refractivity contribution in [1.29, 1.82) is 0 Å². The minimum atomic E-state index is -0.746. The smallest absolute Gasteiger partial charge is 0.234 e. The molecule has 2 saturated heterocycles. The number of amides is 2. The second-order valence-corrected chi connectivity index (χ2v) is 8.74. The van der Waals surface area contributed by atoms with Gasteiger partial charge in [0.05, 0.1) is 24.5 Å². The largest absolute Gasteiger partial charge is 0.454 e. The fourth-order valence-corrected chi connectivity index (χ4v) is 5.34. The van der Waals surface area contributed by atoms with E-state index in [-0.39, 0.29) is 24.7 Å². The molecule has 4 heterocycles. The normalized spacial score (nSPS) is 28.9. The van der Waals surface area contributed by atoms with Crippen molar-refractivity contribution >= 4 is 17.5 Å². The van der Waals surface area contributed by atoms with Crippen molar-refractivity contribution < 1.29 is 23.8 Å². The summed E-state index contributed by atoms with van der Waals surface area (Å²) < 4.78 is 17.1. The molecule has 2 aromatic carbocycles. The molecule has 1 spiro atoms. The Morgan fingerprint density at radius 3 is 2.84 bits per heavy atom. The molecule has 7 nitrogen and oxygen atoms in total. The lowest BCUT2D eigenvalue weighted by Crippen LogP contribution is -2.44. The first-order valence-electron chi connectivity index (χ1n) is 11.0. The van der Waals surface area contributed by atoms with Crippen molar-refractivity contribution in [2.24, 2.45) is 11.8 Å². The summed E-state index contributed by atoms with van der Waals surface area (Å²) in [6.07, 6.45) is 5.29. The Morgan fingerprint density at radius 1 is 1.12 bits per heavy atom. The van der Waals surface area contributed by atoms with Crippen molar-refractivity contribution in [1.82, 2.24) is 5.32 Å². The Labute approximate surface area is 185 Å². The van der Waals surface area contributed by atoms with Gasteiger partial charge in [-0.05, 0) is 30.5 Å². The van der Waals surface area contributed by atoms with E-state index in [0.29, 0.717) is 24.6 Å². The zero-order valence-corrected chi connectivity index (χ0v) is 17.5. The van der Waals surface area contributed by atoms with Crippen LogP contribution in [0.3, 0.4) is 0 Å². The van der Waals surface area contributed by atoms with E-state index in [4.69, 9.17) is 14.2 Å². The molecule has 0 unspecified atom stereocenters. The number of rotatable bonds is 6. The maximum absolute atomic E-state index is 13.5. The van der Waals surface area contributed by atoms with Crippen molar-refractivity contribution in [3.8, 4) is 11.5 Å². The fourth-order valence-electron chi connectivity index (χ4n) is 5.34. The number of carbonyl (C=O) groups excluding carboxylic acids is 2. The molecule has 1 N–H and O–H groups in total. The van der Waals surface area contributed by atoms with E-state index in [1.807, 2.05) is 48.6 Å². The van der Waals surface area contributed by atoms with E-state index >= 15 is 0 Å². The van der Waals surface area contributed by atoms with Gasteiger partial charge in [-0.2, -0.15) is 0 Å². The molecule has 0 aliphatic carbocycles. The van der Waals surface area contributed by atoms with E-state index in [2.05, 4.69) is 17.4 Å². The minimum absolute atomic E-state index is 0.0832. The van der Waals surface area contributed by atoms with E-state index in [1.165, 1.54) is 5.56 Å². The molecule has 2 amide bonds. The summed E-state index contributed by atoms with van der Waals surface area (Å²) in [6, 6.07) is 15.7. The Bertz CT molecular complexity index is 1100. The molecule has 2 fully saturated rings. The van der Waals surface area contributed by atoms with Gasteiger partial charge in [0.1, 0.15) is 5.60 Å². The number of hydrogen-bond acceptors (Lipinski definition) is 5. The van der Waals surface area contributed by atoms with Crippen LogP contribution in [0, 0.1) is 11.8 Å². The SMILES string of the molecule is O=C(NCCCc1ccccc1)[C@@H]1[C@@H]2C=C[C@@]3(CN(c4ccc5c(c4)OCO5)C(=O)[C@H]13)O2. The molecule has 164 valence electrons. The van der Waals surface area contributed by atoms with E-state index in [9.17, 15) is 9.59 Å². The first-order valence-corrected chi connectivity index (χ1v) is 11.0. The van der Waals surface area contributed by atoms with Crippen LogP contribution in [0.15, 0.2) is 60.7 Å². The van der Waals surface area contributed by atoms with Crippen LogP contribution < -0.4 is 19.7 Å². The van der Waals surface area contributed by atoms with Crippen molar-refractivity contribution in [3.63, 3.8) is 0 Å². The highest BCUT2D eigenvalue weighted by atomic mass is 16.7. The standard InChI is InChI=1S/C25H24N2O5/c28-23(26-12-4-7-16-5-2-1-3-6-16)21-19-10-11-25(32-19)14-27(24(29)22(21)25)17-8-9-18-20(13-17)31-15-30-18/h1-3,5-6,8-11,13,19,21-22H,4,7,12,14-15H2,(H,26,28)/t19-,21+,22-,25-/m0/s1. The third-order valence-electron chi connectivity index (χ3n) is 6.86. The third-order valence-corrected chi connectivity index (χ3v) is 6.86. The summed E-state index contributed by atoms with van der Waals surface area (Å²) in [5.74, 6) is 0.0718. The number of hydrogen-bond donors (Lipinski definition) is 1. The Kier molecular flexibility index (Phi) is 4.47. The fraction of sp³-hybridized carbons (Fsp3) is 0.360. The van der Waals surface area contributed by atoms with E-state index in [0.717, 1.165) is 18.5 Å². The van der Waals surface area contributed by atoms with E-state index in [1.54, 1.807) is 4.90 Å². The van der Waals surface area contributed by atoms with Crippen molar-refractivity contribution in [2.75, 3.05) is 24.8 Å². The summed E-state index contributed by atoms with van der Waals surface area (Å²) in [7, 11) is 0. The maximum Gasteiger partial charge on any atom is 0.234 e. The highest BCUT2D eigenvalue weighted by molar-refractivity contribution is 6.03. The zero-order chi connectivity index (χ0) is 21.7. The Balaban J connectivity index is 1.15. The molecule has 4 aliphatic rings. The predicted molar refractivity (Wildman–Crippen MR) is 116 cm³/mol. The molecule has 0 saturated carbocycles. The summed E-state index contributed by atoms with van der Waals surface area (Å²) in [5, 5.41) is 3.04. The molecule has 4 atom stereocenters. The summed E-state index contributed by atoms with van der Waals surface area (Å²) in [4.78, 5) is 28.3. The number of aryl methyl sites for hydroxylation is 1. The molecule has 6 rings (SSSR count). The van der Waals surface area contributed by atoms with Crippen LogP contribution in [0.5, 0.6) is 11.5 Å². The Morgan fingerprint density at radius 2 is 1.97 bits per heavy atom. The van der Waals surface area contributed by atoms with Gasteiger partial charge in [-0.15, -0.1) is 0 Å². The van der Waals surface area contributed by atoms with Gasteiger partial charge in [0.2, 0.25) is 18.6 Å². The number of carbonyl (C=O) groups is 2. The lowest BCUT2D eigenvalue weighted by atomic mass is 9.77. The summed E-state index contributed by atoms with van der Waals surface area (Å²) >= 11 is 0. The summed E-state index contributed by atoms with van der Waals surface area (Å²) in [5.41, 5.74) is 1.23. The topological polar surface area (TPSA) is 77.1 Å². The minimum Gasteiger partial charge on any atom is -0.454 e. The number of benzene rings is 2. The van der Waals surface area contributed by atoms with Gasteiger partial charge >= 0.3 is 0 Å². The van der Waals surface area contributed by atoms with Crippen molar-refractivity contribution in [3.05, 3.63) is 66.2 Å². The number of nitrogens with one attached hydrogen (secondary N) is 1. The van der Waals surface area contributed by atoms with Gasteiger partial charge in [-0.3, -0.25) is 9.59 Å². The molecule has 7 heteroatoms. The third kappa shape index (κ3) is 2.99. The molecule has 4 aliphatic heterocycles. The van der Waals surface area contributed by atoms with E-state index < -0.39 is 17.4 Å². The quantitative estimate of drug-likeness (QED) is 0.561. The number of fused-ring (bicyclic) bond motifs is 2. The van der Waals surface area contributed by atoms with Crippen LogP contribution in [0.1, 0.15) is 12.0 Å². The highest BCUT2D eigenvalue weighted by Crippen LogP contribution is 2.53. The molecule has 0 radical (unpaired) electrons. The molecular weight excluding hydrogens is 408 g/mol. The lowest BCUT2D eigenvalue weighted by Gasteiger charge is -2.23. The van der Waals surface area contributed by atoms with Crippen LogP contribution in [-0.4, -0.2) is 43.4 Å². The van der Waals surface area contributed by atoms with Crippen LogP contribution in [0.4, 0.5) is 5.69 Å². The molecule has 0 aromatic heterocycles. The van der Waals surface area contributed by atoms with Crippen LogP contribution in [0.25, 0.3) is 0 Å². The number of nitrogens with zero attached hydrogens (tertiary/aromatic N) is 1. The zero-order valence-electron chi connectivity index (χ0n) is 17.5. The average molecular weight is 432 g/mol. The number of anilines is 1. The highest BCUT2D eigenvalue weighted by Gasteiger charge is 2.67. The maximum atomic E-state index is 13.5. The second-order valence-electron chi connectivity index (χ2n) is 8.74. The molecule has 2 bridgehead atoms. The average Bonchev–Trinajstić information content (AvgIpc) is 3.57. The van der Waals surface area contributed by atoms with Crippen LogP contribution in [0.2, 0.25) is 0 Å². The molecule has 2 aromatic rings. The van der Waals surface area contributed by atoms with Gasteiger partial charge in [0.15, 0.2) is 11.5 Å². The predicted octanol–water partition coefficient (Wildman–Crippen LogP) is 2.45. The van der Waals surface area contributed by atoms with Gasteiger partial charge in [-0.25, -0.2) is 0 Å². The van der Waals surface area contributed by atoms with Gasteiger partial charge in [0.25, 0.3) is 0 Å². The Hall–Kier alpha value is -3.32. The number of ether oxygens (including phenoxy) is 3. The monoisotopic (exact) mass is 432 g/mol. The molecule has 32 heavy (non-hydrogen) atoms. The van der Waals surface area contributed by atoms with Crippen molar-refractivity contribution in [2.45, 2.75) is 24.5 Å². The van der Waals surface area contributed by atoms with Gasteiger partial charge in [-0.1, -0.05) is 42.5 Å². The first kappa shape index (κ1) is 19.4. The second kappa shape index (κ2) is 7.38. The van der Waals surface area contributed by atoms with Crippen LogP contribution in [-0.2, 0) is 20.7 Å².